The number of benzene rings is 3. The number of fused-ring (bicyclic) bond motifs is 1. The van der Waals surface area contributed by atoms with Crippen molar-refractivity contribution in [1.82, 2.24) is 0 Å². The van der Waals surface area contributed by atoms with Gasteiger partial charge in [0.05, 0.1) is 5.56 Å². The Bertz CT molecular complexity index is 1310. The van der Waals surface area contributed by atoms with E-state index in [0.29, 0.717) is 0 Å². The Balaban J connectivity index is 1.69. The molecular formula is C33H36O3. The number of rotatable bonds is 7. The van der Waals surface area contributed by atoms with Crippen molar-refractivity contribution in [3.8, 4) is 0 Å². The number of aromatic carboxylic acids is 1. The summed E-state index contributed by atoms with van der Waals surface area (Å²) in [6.45, 7) is 11.4. The van der Waals surface area contributed by atoms with Crippen molar-refractivity contribution >= 4 is 17.8 Å². The normalized spacial score (nSPS) is 16.0. The average Bonchev–Trinajstić information content (AvgIpc) is 2.85. The van der Waals surface area contributed by atoms with Crippen molar-refractivity contribution in [1.29, 1.82) is 0 Å². The van der Waals surface area contributed by atoms with Gasteiger partial charge in [-0.1, -0.05) is 75.7 Å². The van der Waals surface area contributed by atoms with Gasteiger partial charge in [0.2, 0.25) is 0 Å². The van der Waals surface area contributed by atoms with E-state index < -0.39 is 5.97 Å². The number of carbonyl (C=O) groups is 2. The third kappa shape index (κ3) is 5.51. The Kier molecular flexibility index (Phi) is 7.04. The minimum absolute atomic E-state index is 0.0100. The van der Waals surface area contributed by atoms with Gasteiger partial charge in [0.15, 0.2) is 5.78 Å². The molecule has 0 bridgehead atoms. The predicted octanol–water partition coefficient (Wildman–Crippen LogP) is 7.72. The van der Waals surface area contributed by atoms with Crippen molar-refractivity contribution in [3.63, 3.8) is 0 Å². The molecule has 36 heavy (non-hydrogen) atoms. The summed E-state index contributed by atoms with van der Waals surface area (Å²) in [6, 6.07) is 19.5. The van der Waals surface area contributed by atoms with Gasteiger partial charge in [-0.3, -0.25) is 4.79 Å². The lowest BCUT2D eigenvalue weighted by Gasteiger charge is -2.43. The largest absolute Gasteiger partial charge is 0.478 e. The van der Waals surface area contributed by atoms with E-state index in [1.54, 1.807) is 36.4 Å². The monoisotopic (exact) mass is 480 g/mol. The zero-order valence-electron chi connectivity index (χ0n) is 22.0. The second-order valence-electron chi connectivity index (χ2n) is 11.4. The predicted molar refractivity (Wildman–Crippen MR) is 147 cm³/mol. The third-order valence-corrected chi connectivity index (χ3v) is 7.67. The first-order valence-electron chi connectivity index (χ1n) is 12.8. The van der Waals surface area contributed by atoms with Crippen molar-refractivity contribution in [2.24, 2.45) is 0 Å². The highest BCUT2D eigenvalue weighted by atomic mass is 16.4. The van der Waals surface area contributed by atoms with Crippen LogP contribution in [0.2, 0.25) is 0 Å². The molecule has 3 aromatic carbocycles. The molecule has 4 rings (SSSR count). The van der Waals surface area contributed by atoms with E-state index >= 15 is 0 Å². The van der Waals surface area contributed by atoms with E-state index in [4.69, 9.17) is 5.11 Å². The molecule has 0 aliphatic heterocycles. The number of carboxylic acid groups (broad SMARTS) is 1. The van der Waals surface area contributed by atoms with E-state index in [-0.39, 0.29) is 22.2 Å². The number of allylic oxidation sites excluding steroid dienone is 1. The van der Waals surface area contributed by atoms with Crippen molar-refractivity contribution < 1.29 is 14.7 Å². The molecule has 0 spiro atoms. The summed E-state index contributed by atoms with van der Waals surface area (Å²) in [5.41, 5.74) is 8.37. The summed E-state index contributed by atoms with van der Waals surface area (Å²) in [4.78, 5) is 24.4. The maximum absolute atomic E-state index is 13.3. The molecule has 0 radical (unpaired) electrons. The molecule has 0 aromatic heterocycles. The van der Waals surface area contributed by atoms with Crippen molar-refractivity contribution in [2.45, 2.75) is 71.1 Å². The van der Waals surface area contributed by atoms with E-state index in [9.17, 15) is 9.59 Å². The van der Waals surface area contributed by atoms with Gasteiger partial charge in [-0.05, 0) is 102 Å². The average molecular weight is 481 g/mol. The summed E-state index contributed by atoms with van der Waals surface area (Å²) < 4.78 is 0. The van der Waals surface area contributed by atoms with Crippen LogP contribution in [0.15, 0.2) is 66.7 Å². The van der Waals surface area contributed by atoms with Crippen molar-refractivity contribution in [2.75, 3.05) is 0 Å². The molecular weight excluding hydrogens is 444 g/mol. The van der Waals surface area contributed by atoms with Crippen LogP contribution in [0.5, 0.6) is 0 Å². The molecule has 186 valence electrons. The van der Waals surface area contributed by atoms with E-state index in [1.807, 2.05) is 0 Å². The molecule has 1 aliphatic rings. The lowest BCUT2D eigenvalue weighted by atomic mass is 9.61. The second-order valence-corrected chi connectivity index (χ2v) is 11.4. The molecule has 0 saturated heterocycles. The summed E-state index contributed by atoms with van der Waals surface area (Å²) in [5.74, 6) is -0.991. The molecule has 0 saturated carbocycles. The fraction of sp³-hybridized carbons (Fsp3) is 0.333. The number of hydrogen-bond acceptors (Lipinski definition) is 2. The molecule has 3 aromatic rings. The SMILES string of the molecule is Cc1ccc(CCc2cc(C(=O)/C=C/c3ccc(C(=O)O)cc3)cc3c2C(C)(C)CCC3(C)C)cc1. The smallest absolute Gasteiger partial charge is 0.335 e. The summed E-state index contributed by atoms with van der Waals surface area (Å²) in [5, 5.41) is 9.10. The van der Waals surface area contributed by atoms with Gasteiger partial charge in [0.25, 0.3) is 0 Å². The highest BCUT2D eigenvalue weighted by Gasteiger charge is 2.39. The molecule has 0 amide bonds. The van der Waals surface area contributed by atoms with Gasteiger partial charge in [0, 0.05) is 5.56 Å². The van der Waals surface area contributed by atoms with Crippen LogP contribution < -0.4 is 0 Å². The third-order valence-electron chi connectivity index (χ3n) is 7.67. The van der Waals surface area contributed by atoms with Gasteiger partial charge in [-0.25, -0.2) is 4.79 Å². The van der Waals surface area contributed by atoms with Crippen LogP contribution in [0.4, 0.5) is 0 Å². The van der Waals surface area contributed by atoms with Gasteiger partial charge in [0.1, 0.15) is 0 Å². The minimum atomic E-state index is -0.959. The number of ketones is 1. The number of carboxylic acids is 1. The zero-order chi connectivity index (χ0) is 26.1. The zero-order valence-corrected chi connectivity index (χ0v) is 22.0. The summed E-state index contributed by atoms with van der Waals surface area (Å²) in [7, 11) is 0. The molecule has 1 N–H and O–H groups in total. The lowest BCUT2D eigenvalue weighted by molar-refractivity contribution is 0.0696. The van der Waals surface area contributed by atoms with Crippen LogP contribution in [-0.2, 0) is 23.7 Å². The molecule has 0 heterocycles. The first-order valence-corrected chi connectivity index (χ1v) is 12.8. The molecule has 3 heteroatoms. The van der Waals surface area contributed by atoms with Crippen LogP contribution in [0.3, 0.4) is 0 Å². The highest BCUT2D eigenvalue weighted by Crippen LogP contribution is 2.47. The fourth-order valence-electron chi connectivity index (χ4n) is 5.30. The maximum atomic E-state index is 13.3. The van der Waals surface area contributed by atoms with Crippen LogP contribution in [0, 0.1) is 6.92 Å². The van der Waals surface area contributed by atoms with Gasteiger partial charge >= 0.3 is 5.97 Å². The Morgan fingerprint density at radius 2 is 1.47 bits per heavy atom. The Labute approximate surface area is 214 Å². The van der Waals surface area contributed by atoms with E-state index in [2.05, 4.69) is 71.0 Å². The molecule has 1 aliphatic carbocycles. The first kappa shape index (κ1) is 25.6. The van der Waals surface area contributed by atoms with Crippen LogP contribution in [-0.4, -0.2) is 16.9 Å². The number of aryl methyl sites for hydroxylation is 3. The summed E-state index contributed by atoms with van der Waals surface area (Å²) in [6.07, 6.45) is 7.41. The minimum Gasteiger partial charge on any atom is -0.478 e. The van der Waals surface area contributed by atoms with Gasteiger partial charge in [-0.2, -0.15) is 0 Å². The fourth-order valence-corrected chi connectivity index (χ4v) is 5.30. The Hall–Kier alpha value is -3.46. The Morgan fingerprint density at radius 1 is 0.833 bits per heavy atom. The quantitative estimate of drug-likeness (QED) is 0.278. The molecule has 0 unspecified atom stereocenters. The Morgan fingerprint density at radius 3 is 2.11 bits per heavy atom. The lowest BCUT2D eigenvalue weighted by Crippen LogP contribution is -2.35. The highest BCUT2D eigenvalue weighted by molar-refractivity contribution is 6.07. The standard InChI is InChI=1S/C33H36O3/c1-22-6-8-23(9-7-22)12-16-26-20-27(21-28-30(26)33(4,5)19-18-32(28,2)3)29(34)17-13-24-10-14-25(15-11-24)31(35)36/h6-11,13-15,17,20-21H,12,16,18-19H2,1-5H3,(H,35,36)/b17-13+. The number of carbonyl (C=O) groups excluding carboxylic acids is 1. The number of hydrogen-bond donors (Lipinski definition) is 1. The first-order chi connectivity index (χ1) is 17.0. The topological polar surface area (TPSA) is 54.4 Å². The van der Waals surface area contributed by atoms with Crippen molar-refractivity contribution in [3.05, 3.63) is 111 Å². The molecule has 3 nitrogen and oxygen atoms in total. The molecule has 0 atom stereocenters. The second kappa shape index (κ2) is 9.89. The maximum Gasteiger partial charge on any atom is 0.335 e. The van der Waals surface area contributed by atoms with E-state index in [0.717, 1.165) is 36.8 Å². The van der Waals surface area contributed by atoms with Gasteiger partial charge in [-0.15, -0.1) is 0 Å². The van der Waals surface area contributed by atoms with Gasteiger partial charge < -0.3 is 5.11 Å². The van der Waals surface area contributed by atoms with Crippen LogP contribution in [0.25, 0.3) is 6.08 Å². The molecule has 0 fully saturated rings. The van der Waals surface area contributed by atoms with Crippen LogP contribution >= 0.6 is 0 Å². The summed E-state index contributed by atoms with van der Waals surface area (Å²) >= 11 is 0. The van der Waals surface area contributed by atoms with Crippen LogP contribution in [0.1, 0.15) is 94.6 Å². The van der Waals surface area contributed by atoms with E-state index in [1.165, 1.54) is 27.8 Å².